The van der Waals surface area contributed by atoms with Gasteiger partial charge in [-0.25, -0.2) is 0 Å². The van der Waals surface area contributed by atoms with Crippen LogP contribution in [0.25, 0.3) is 0 Å². The predicted molar refractivity (Wildman–Crippen MR) is 89.1 cm³/mol. The summed E-state index contributed by atoms with van der Waals surface area (Å²) in [6.07, 6.45) is 3.10. The molecule has 126 valence electrons. The van der Waals surface area contributed by atoms with E-state index in [0.29, 0.717) is 17.8 Å². The van der Waals surface area contributed by atoms with Crippen LogP contribution in [0, 0.1) is 0 Å². The number of unbranched alkanes of at least 4 members (excludes halogenated alkanes) is 2. The maximum Gasteiger partial charge on any atom is 0.315 e. The van der Waals surface area contributed by atoms with Crippen molar-refractivity contribution in [3.63, 3.8) is 0 Å². The summed E-state index contributed by atoms with van der Waals surface area (Å²) in [6.45, 7) is 4.01. The van der Waals surface area contributed by atoms with Gasteiger partial charge in [-0.1, -0.05) is 25.8 Å². The minimum atomic E-state index is -0.564. The fourth-order valence-corrected chi connectivity index (χ4v) is 1.98. The van der Waals surface area contributed by atoms with Crippen molar-refractivity contribution >= 4 is 29.2 Å². The van der Waals surface area contributed by atoms with E-state index in [9.17, 15) is 14.4 Å². The van der Waals surface area contributed by atoms with E-state index in [1.54, 1.807) is 31.2 Å². The summed E-state index contributed by atoms with van der Waals surface area (Å²) in [4.78, 5) is 34.7. The Labute approximate surface area is 136 Å². The number of carbonyl (C=O) groups is 3. The van der Waals surface area contributed by atoms with Crippen LogP contribution < -0.4 is 10.6 Å². The van der Waals surface area contributed by atoms with Crippen LogP contribution in [0.15, 0.2) is 24.3 Å². The predicted octanol–water partition coefficient (Wildman–Crippen LogP) is 3.10. The third kappa shape index (κ3) is 7.99. The molecule has 0 aliphatic carbocycles. The van der Waals surface area contributed by atoms with Crippen molar-refractivity contribution in [2.24, 2.45) is 0 Å². The fourth-order valence-electron chi connectivity index (χ4n) is 1.98. The Morgan fingerprint density at radius 1 is 1.00 bits per heavy atom. The van der Waals surface area contributed by atoms with Gasteiger partial charge in [0, 0.05) is 17.8 Å². The standard InChI is InChI=1S/C17H24N2O4/c1-3-5-6-10-15(20)18-13-8-7-9-14(11-13)19-16(21)12-17(22)23-4-2/h7-9,11H,3-6,10,12H2,1-2H3,(H,18,20)(H,19,21). The molecule has 0 atom stereocenters. The van der Waals surface area contributed by atoms with E-state index in [2.05, 4.69) is 17.6 Å². The number of anilines is 2. The molecule has 2 amide bonds. The van der Waals surface area contributed by atoms with E-state index in [1.165, 1.54) is 0 Å². The molecule has 0 radical (unpaired) electrons. The van der Waals surface area contributed by atoms with Gasteiger partial charge >= 0.3 is 5.97 Å². The first kappa shape index (κ1) is 18.7. The van der Waals surface area contributed by atoms with Gasteiger partial charge in [-0.15, -0.1) is 0 Å². The molecule has 23 heavy (non-hydrogen) atoms. The van der Waals surface area contributed by atoms with E-state index >= 15 is 0 Å². The van der Waals surface area contributed by atoms with Crippen molar-refractivity contribution in [1.82, 2.24) is 0 Å². The van der Waals surface area contributed by atoms with E-state index in [-0.39, 0.29) is 18.9 Å². The third-order valence-corrected chi connectivity index (χ3v) is 3.05. The average Bonchev–Trinajstić information content (AvgIpc) is 2.47. The lowest BCUT2D eigenvalue weighted by Crippen LogP contribution is -2.18. The highest BCUT2D eigenvalue weighted by molar-refractivity contribution is 6.02. The molecule has 0 saturated carbocycles. The molecule has 6 heteroatoms. The largest absolute Gasteiger partial charge is 0.466 e. The van der Waals surface area contributed by atoms with Crippen LogP contribution in [0.1, 0.15) is 46.0 Å². The molecular weight excluding hydrogens is 296 g/mol. The van der Waals surface area contributed by atoms with E-state index < -0.39 is 11.9 Å². The second kappa shape index (κ2) is 10.4. The first-order valence-corrected chi connectivity index (χ1v) is 7.90. The summed E-state index contributed by atoms with van der Waals surface area (Å²) in [6, 6.07) is 6.82. The van der Waals surface area contributed by atoms with Gasteiger partial charge in [-0.2, -0.15) is 0 Å². The lowest BCUT2D eigenvalue weighted by molar-refractivity contribution is -0.145. The summed E-state index contributed by atoms with van der Waals surface area (Å²) in [5, 5.41) is 5.40. The van der Waals surface area contributed by atoms with Crippen LogP contribution >= 0.6 is 0 Å². The number of hydrogen-bond donors (Lipinski definition) is 2. The summed E-state index contributed by atoms with van der Waals surface area (Å²) >= 11 is 0. The maximum atomic E-state index is 11.8. The first-order valence-electron chi connectivity index (χ1n) is 7.90. The van der Waals surface area contributed by atoms with E-state index in [0.717, 1.165) is 19.3 Å². The zero-order valence-electron chi connectivity index (χ0n) is 13.7. The van der Waals surface area contributed by atoms with Gasteiger partial charge in [-0.05, 0) is 31.5 Å². The minimum absolute atomic E-state index is 0.0477. The molecule has 0 bridgehead atoms. The van der Waals surface area contributed by atoms with Crippen molar-refractivity contribution in [1.29, 1.82) is 0 Å². The smallest absolute Gasteiger partial charge is 0.315 e. The SMILES string of the molecule is CCCCCC(=O)Nc1cccc(NC(=O)CC(=O)OCC)c1. The number of benzene rings is 1. The molecule has 1 rings (SSSR count). The number of nitrogens with one attached hydrogen (secondary N) is 2. The summed E-state index contributed by atoms with van der Waals surface area (Å²) in [5.41, 5.74) is 1.13. The summed E-state index contributed by atoms with van der Waals surface area (Å²) < 4.78 is 4.72. The zero-order valence-corrected chi connectivity index (χ0v) is 13.7. The monoisotopic (exact) mass is 320 g/mol. The molecule has 1 aromatic carbocycles. The van der Waals surface area contributed by atoms with Crippen LogP contribution in [-0.2, 0) is 19.1 Å². The summed E-state index contributed by atoms with van der Waals surface area (Å²) in [7, 11) is 0. The van der Waals surface area contributed by atoms with Gasteiger partial charge in [0.2, 0.25) is 11.8 Å². The van der Waals surface area contributed by atoms with Gasteiger partial charge in [0.05, 0.1) is 6.61 Å². The highest BCUT2D eigenvalue weighted by Gasteiger charge is 2.10. The number of carbonyl (C=O) groups excluding carboxylic acids is 3. The number of esters is 1. The van der Waals surface area contributed by atoms with E-state index in [1.807, 2.05) is 0 Å². The van der Waals surface area contributed by atoms with Crippen molar-refractivity contribution < 1.29 is 19.1 Å². The van der Waals surface area contributed by atoms with Gasteiger partial charge < -0.3 is 15.4 Å². The Morgan fingerprint density at radius 3 is 2.26 bits per heavy atom. The topological polar surface area (TPSA) is 84.5 Å². The Balaban J connectivity index is 2.51. The first-order chi connectivity index (χ1) is 11.0. The van der Waals surface area contributed by atoms with Crippen molar-refractivity contribution in [3.05, 3.63) is 24.3 Å². The number of rotatable bonds is 9. The van der Waals surface area contributed by atoms with Gasteiger partial charge in [-0.3, -0.25) is 14.4 Å². The van der Waals surface area contributed by atoms with Crippen LogP contribution in [0.2, 0.25) is 0 Å². The molecular formula is C17H24N2O4. The van der Waals surface area contributed by atoms with Crippen LogP contribution in [0.3, 0.4) is 0 Å². The van der Waals surface area contributed by atoms with Crippen molar-refractivity contribution in [2.45, 2.75) is 46.0 Å². The average molecular weight is 320 g/mol. The minimum Gasteiger partial charge on any atom is -0.466 e. The van der Waals surface area contributed by atoms with Crippen molar-refractivity contribution in [3.8, 4) is 0 Å². The zero-order chi connectivity index (χ0) is 17.1. The lowest BCUT2D eigenvalue weighted by atomic mass is 10.2. The van der Waals surface area contributed by atoms with Gasteiger partial charge in [0.1, 0.15) is 6.42 Å². The Kier molecular flexibility index (Phi) is 8.42. The molecule has 0 aromatic heterocycles. The molecule has 1 aromatic rings. The number of hydrogen-bond acceptors (Lipinski definition) is 4. The molecule has 0 aliphatic heterocycles. The van der Waals surface area contributed by atoms with Gasteiger partial charge in [0.25, 0.3) is 0 Å². The van der Waals surface area contributed by atoms with Gasteiger partial charge in [0.15, 0.2) is 0 Å². The molecule has 0 saturated heterocycles. The molecule has 6 nitrogen and oxygen atoms in total. The quantitative estimate of drug-likeness (QED) is 0.416. The normalized spacial score (nSPS) is 10.0. The Bertz CT molecular complexity index is 543. The molecule has 2 N–H and O–H groups in total. The molecule has 0 heterocycles. The van der Waals surface area contributed by atoms with Crippen molar-refractivity contribution in [2.75, 3.05) is 17.2 Å². The van der Waals surface area contributed by atoms with Crippen LogP contribution in [0.4, 0.5) is 11.4 Å². The molecule has 0 unspecified atom stereocenters. The number of amides is 2. The highest BCUT2D eigenvalue weighted by atomic mass is 16.5. The van der Waals surface area contributed by atoms with Crippen LogP contribution in [-0.4, -0.2) is 24.4 Å². The Morgan fingerprint density at radius 2 is 1.65 bits per heavy atom. The highest BCUT2D eigenvalue weighted by Crippen LogP contribution is 2.16. The lowest BCUT2D eigenvalue weighted by Gasteiger charge is -2.09. The van der Waals surface area contributed by atoms with E-state index in [4.69, 9.17) is 4.74 Å². The maximum absolute atomic E-state index is 11.8. The second-order valence-electron chi connectivity index (χ2n) is 5.12. The molecule has 0 fully saturated rings. The number of ether oxygens (including phenoxy) is 1. The second-order valence-corrected chi connectivity index (χ2v) is 5.12. The fraction of sp³-hybridized carbons (Fsp3) is 0.471. The molecule has 0 aliphatic rings. The summed E-state index contributed by atoms with van der Waals surface area (Å²) in [5.74, 6) is -1.06. The third-order valence-electron chi connectivity index (χ3n) is 3.05. The molecule has 0 spiro atoms. The Hall–Kier alpha value is -2.37. The van der Waals surface area contributed by atoms with Crippen LogP contribution in [0.5, 0.6) is 0 Å².